The molecule has 2 heterocycles. The average Bonchev–Trinajstić information content (AvgIpc) is 2.78. The minimum atomic E-state index is -0.504. The summed E-state index contributed by atoms with van der Waals surface area (Å²) >= 11 is 0. The Morgan fingerprint density at radius 1 is 1.03 bits per heavy atom. The van der Waals surface area contributed by atoms with E-state index in [-0.39, 0.29) is 43.6 Å². The van der Waals surface area contributed by atoms with Crippen LogP contribution in [0.15, 0.2) is 24.3 Å². The molecule has 0 aromatic heterocycles. The van der Waals surface area contributed by atoms with Gasteiger partial charge in [-0.15, -0.1) is 0 Å². The fourth-order valence-electron chi connectivity index (χ4n) is 4.51. The van der Waals surface area contributed by atoms with E-state index < -0.39 is 30.4 Å². The molecule has 2 fully saturated rings. The van der Waals surface area contributed by atoms with Gasteiger partial charge in [0.1, 0.15) is 30.7 Å². The summed E-state index contributed by atoms with van der Waals surface area (Å²) in [5.74, 6) is -0.479. The minimum absolute atomic E-state index is 0.0145. The van der Waals surface area contributed by atoms with Gasteiger partial charge in [0.15, 0.2) is 5.78 Å². The molecule has 9 nitrogen and oxygen atoms in total. The zero-order chi connectivity index (χ0) is 24.7. The van der Waals surface area contributed by atoms with Gasteiger partial charge in [-0.25, -0.2) is 0 Å². The van der Waals surface area contributed by atoms with Crippen molar-refractivity contribution in [1.82, 2.24) is 0 Å². The van der Waals surface area contributed by atoms with Crippen molar-refractivity contribution in [2.24, 2.45) is 0 Å². The smallest absolute Gasteiger partial charge is 0.302 e. The van der Waals surface area contributed by atoms with Crippen LogP contribution < -0.4 is 4.74 Å². The average molecular weight is 479 g/mol. The molecule has 1 aromatic carbocycles. The van der Waals surface area contributed by atoms with Crippen LogP contribution in [0.5, 0.6) is 5.75 Å². The molecule has 0 aliphatic carbocycles. The van der Waals surface area contributed by atoms with Crippen LogP contribution in [0, 0.1) is 0 Å². The Bertz CT molecular complexity index is 855. The number of benzene rings is 1. The molecular formula is C25H34O9. The van der Waals surface area contributed by atoms with Crippen LogP contribution in [0.4, 0.5) is 0 Å². The zero-order valence-corrected chi connectivity index (χ0v) is 19.9. The van der Waals surface area contributed by atoms with Gasteiger partial charge in [0, 0.05) is 38.7 Å². The number of hydrogen-bond donors (Lipinski definition) is 1. The Kier molecular flexibility index (Phi) is 9.44. The van der Waals surface area contributed by atoms with Gasteiger partial charge in [-0.3, -0.25) is 14.4 Å². The third-order valence-electron chi connectivity index (χ3n) is 5.98. The van der Waals surface area contributed by atoms with E-state index in [1.54, 1.807) is 12.1 Å². The van der Waals surface area contributed by atoms with Crippen molar-refractivity contribution in [1.29, 1.82) is 0 Å². The summed E-state index contributed by atoms with van der Waals surface area (Å²) < 4.78 is 28.4. The van der Waals surface area contributed by atoms with Crippen molar-refractivity contribution in [3.63, 3.8) is 0 Å². The Hall–Kier alpha value is -2.49. The van der Waals surface area contributed by atoms with Gasteiger partial charge in [0.25, 0.3) is 0 Å². The fraction of sp³-hybridized carbons (Fsp3) is 0.640. The topological polar surface area (TPSA) is 118 Å². The highest BCUT2D eigenvalue weighted by Gasteiger charge is 2.35. The van der Waals surface area contributed by atoms with Crippen molar-refractivity contribution in [3.8, 4) is 5.75 Å². The second-order valence-corrected chi connectivity index (χ2v) is 8.91. The minimum Gasteiger partial charge on any atom is -0.485 e. The van der Waals surface area contributed by atoms with Crippen molar-refractivity contribution >= 4 is 17.7 Å². The van der Waals surface area contributed by atoms with Crippen LogP contribution in [0.1, 0.15) is 64.5 Å². The Labute approximate surface area is 199 Å². The van der Waals surface area contributed by atoms with Gasteiger partial charge >= 0.3 is 11.9 Å². The number of para-hydroxylation sites is 1. The molecule has 1 aromatic rings. The summed E-state index contributed by atoms with van der Waals surface area (Å²) in [5.41, 5.74) is 0.714. The first-order valence-corrected chi connectivity index (χ1v) is 11.7. The molecule has 2 aliphatic rings. The molecule has 0 saturated carbocycles. The molecule has 0 amide bonds. The summed E-state index contributed by atoms with van der Waals surface area (Å²) in [5, 5.41) is 9.62. The fourth-order valence-corrected chi connectivity index (χ4v) is 4.51. The number of Topliss-reactive ketones (excluding diaryl/α,β-unsaturated/α-hetero) is 1. The first-order valence-electron chi connectivity index (χ1n) is 11.7. The molecule has 0 bridgehead atoms. The van der Waals surface area contributed by atoms with E-state index in [1.165, 1.54) is 13.8 Å². The number of hydrogen-bond acceptors (Lipinski definition) is 9. The van der Waals surface area contributed by atoms with Crippen molar-refractivity contribution in [2.45, 2.75) is 89.5 Å². The van der Waals surface area contributed by atoms with Gasteiger partial charge in [-0.1, -0.05) is 18.2 Å². The lowest BCUT2D eigenvalue weighted by atomic mass is 9.95. The summed E-state index contributed by atoms with van der Waals surface area (Å²) in [7, 11) is 0. The number of ether oxygens (including phenoxy) is 5. The third-order valence-corrected chi connectivity index (χ3v) is 5.98. The van der Waals surface area contributed by atoms with E-state index in [0.717, 1.165) is 6.42 Å². The molecule has 188 valence electrons. The van der Waals surface area contributed by atoms with Gasteiger partial charge in [0.05, 0.1) is 24.9 Å². The monoisotopic (exact) mass is 478 g/mol. The normalized spacial score (nSPS) is 29.2. The van der Waals surface area contributed by atoms with Crippen LogP contribution >= 0.6 is 0 Å². The number of aliphatic hydroxyl groups is 1. The largest absolute Gasteiger partial charge is 0.485 e. The molecule has 3 rings (SSSR count). The van der Waals surface area contributed by atoms with E-state index >= 15 is 0 Å². The lowest BCUT2D eigenvalue weighted by Crippen LogP contribution is -2.42. The summed E-state index contributed by atoms with van der Waals surface area (Å²) in [6.07, 6.45) is 0.0358. The van der Waals surface area contributed by atoms with E-state index in [4.69, 9.17) is 23.7 Å². The molecule has 34 heavy (non-hydrogen) atoms. The zero-order valence-electron chi connectivity index (χ0n) is 19.9. The number of esters is 2. The molecule has 2 saturated heterocycles. The lowest BCUT2D eigenvalue weighted by Gasteiger charge is -2.35. The molecule has 1 N–H and O–H groups in total. The van der Waals surface area contributed by atoms with E-state index in [1.807, 2.05) is 19.1 Å². The molecule has 5 unspecified atom stereocenters. The van der Waals surface area contributed by atoms with Crippen molar-refractivity contribution in [2.75, 3.05) is 13.2 Å². The van der Waals surface area contributed by atoms with Crippen LogP contribution in [-0.4, -0.2) is 66.6 Å². The van der Waals surface area contributed by atoms with Crippen LogP contribution in [0.2, 0.25) is 0 Å². The van der Waals surface area contributed by atoms with Gasteiger partial charge in [-0.2, -0.15) is 0 Å². The maximum Gasteiger partial charge on any atom is 0.302 e. The number of rotatable bonds is 9. The Morgan fingerprint density at radius 3 is 2.47 bits per heavy atom. The standard InChI is InChI=1S/C25H34O9/c1-15-8-9-23(33-17(3)28)25(31-15)10-18(29)14-30-22-7-5-4-6-21(22)24-12-19(32-16(2)27)11-20(13-26)34-24/h4-7,15,19-20,23-26H,8-14H2,1-3H3/t15-,19?,20?,23?,24?,25?/m0/s1. The molecule has 6 atom stereocenters. The maximum absolute atomic E-state index is 12.7. The predicted molar refractivity (Wildman–Crippen MR) is 120 cm³/mol. The number of carbonyl (C=O) groups is 3. The first kappa shape index (κ1) is 26.1. The van der Waals surface area contributed by atoms with Crippen LogP contribution in [0.25, 0.3) is 0 Å². The first-order chi connectivity index (χ1) is 16.2. The van der Waals surface area contributed by atoms with Gasteiger partial charge in [0.2, 0.25) is 0 Å². The summed E-state index contributed by atoms with van der Waals surface area (Å²) in [4.78, 5) is 35.6. The predicted octanol–water partition coefficient (Wildman–Crippen LogP) is 2.67. The van der Waals surface area contributed by atoms with E-state index in [2.05, 4.69) is 0 Å². The second kappa shape index (κ2) is 12.3. The molecule has 2 aliphatic heterocycles. The summed E-state index contributed by atoms with van der Waals surface area (Å²) in [6.45, 7) is 4.25. The maximum atomic E-state index is 12.7. The third kappa shape index (κ3) is 7.51. The lowest BCUT2D eigenvalue weighted by molar-refractivity contribution is -0.170. The van der Waals surface area contributed by atoms with Crippen LogP contribution in [0.3, 0.4) is 0 Å². The highest BCUT2D eigenvalue weighted by Crippen LogP contribution is 2.37. The van der Waals surface area contributed by atoms with Crippen molar-refractivity contribution in [3.05, 3.63) is 29.8 Å². The molecule has 0 spiro atoms. The van der Waals surface area contributed by atoms with E-state index in [0.29, 0.717) is 30.6 Å². The summed E-state index contributed by atoms with van der Waals surface area (Å²) in [6, 6.07) is 7.20. The number of aliphatic hydroxyl groups excluding tert-OH is 1. The number of carbonyl (C=O) groups excluding carboxylic acids is 3. The van der Waals surface area contributed by atoms with E-state index in [9.17, 15) is 19.5 Å². The Balaban J connectivity index is 1.63. The van der Waals surface area contributed by atoms with Crippen molar-refractivity contribution < 1.29 is 43.2 Å². The SMILES string of the molecule is CC(=O)OC1CC(CO)OC(c2ccccc2OCC(=O)CC2O[C@@H](C)CCC2OC(C)=O)C1. The molecular weight excluding hydrogens is 444 g/mol. The molecule has 0 radical (unpaired) electrons. The highest BCUT2D eigenvalue weighted by atomic mass is 16.6. The number of ketones is 1. The quantitative estimate of drug-likeness (QED) is 0.535. The van der Waals surface area contributed by atoms with Gasteiger partial charge in [-0.05, 0) is 25.8 Å². The second-order valence-electron chi connectivity index (χ2n) is 8.91. The highest BCUT2D eigenvalue weighted by molar-refractivity contribution is 5.80. The van der Waals surface area contributed by atoms with Crippen LogP contribution in [-0.2, 0) is 33.3 Å². The molecule has 9 heteroatoms. The Morgan fingerprint density at radius 2 is 1.76 bits per heavy atom. The van der Waals surface area contributed by atoms with Gasteiger partial charge < -0.3 is 28.8 Å².